The lowest BCUT2D eigenvalue weighted by atomic mass is 9.86. The Bertz CT molecular complexity index is 581. The SMILES string of the molecule is O=S1(=O)CCC(C(CNC2CC2)Cc2ccc(Br)cc2)C1. The minimum absolute atomic E-state index is 0.310. The van der Waals surface area contributed by atoms with Crippen molar-refractivity contribution < 1.29 is 8.42 Å². The van der Waals surface area contributed by atoms with Crippen molar-refractivity contribution in [2.24, 2.45) is 11.8 Å². The zero-order chi connectivity index (χ0) is 14.9. The molecule has 1 aliphatic heterocycles. The molecule has 2 atom stereocenters. The lowest BCUT2D eigenvalue weighted by molar-refractivity contribution is 0.342. The first-order chi connectivity index (χ1) is 10.0. The Balaban J connectivity index is 1.67. The van der Waals surface area contributed by atoms with Crippen molar-refractivity contribution >= 4 is 25.8 Å². The molecule has 1 heterocycles. The maximum Gasteiger partial charge on any atom is 0.150 e. The number of benzene rings is 1. The molecule has 1 N–H and O–H groups in total. The molecule has 1 aromatic rings. The summed E-state index contributed by atoms with van der Waals surface area (Å²) in [5.74, 6) is 1.48. The molecule has 3 nitrogen and oxygen atoms in total. The molecule has 3 rings (SSSR count). The molecule has 2 unspecified atom stereocenters. The van der Waals surface area contributed by atoms with E-state index in [0.717, 1.165) is 23.9 Å². The van der Waals surface area contributed by atoms with E-state index in [1.54, 1.807) is 0 Å². The maximum absolute atomic E-state index is 11.8. The monoisotopic (exact) mass is 371 g/mol. The predicted octanol–water partition coefficient (Wildman–Crippen LogP) is 2.79. The van der Waals surface area contributed by atoms with Crippen LogP contribution in [0.1, 0.15) is 24.8 Å². The Morgan fingerprint density at radius 1 is 1.19 bits per heavy atom. The van der Waals surface area contributed by atoms with Gasteiger partial charge in [0.1, 0.15) is 0 Å². The second-order valence-corrected chi connectivity index (χ2v) is 9.58. The first-order valence-electron chi connectivity index (χ1n) is 7.70. The highest BCUT2D eigenvalue weighted by Crippen LogP contribution is 2.30. The van der Waals surface area contributed by atoms with Gasteiger partial charge in [-0.2, -0.15) is 0 Å². The largest absolute Gasteiger partial charge is 0.314 e. The topological polar surface area (TPSA) is 46.2 Å². The summed E-state index contributed by atoms with van der Waals surface area (Å²) < 4.78 is 24.6. The van der Waals surface area contributed by atoms with Crippen LogP contribution in [0.5, 0.6) is 0 Å². The van der Waals surface area contributed by atoms with Crippen molar-refractivity contribution in [3.8, 4) is 0 Å². The molecular formula is C16H22BrNO2S. The average molecular weight is 372 g/mol. The minimum Gasteiger partial charge on any atom is -0.314 e. The molecule has 0 radical (unpaired) electrons. The van der Waals surface area contributed by atoms with Gasteiger partial charge in [0.15, 0.2) is 9.84 Å². The molecule has 1 aromatic carbocycles. The summed E-state index contributed by atoms with van der Waals surface area (Å²) in [7, 11) is -2.80. The van der Waals surface area contributed by atoms with Crippen molar-refractivity contribution in [3.05, 3.63) is 34.3 Å². The number of halogens is 1. The summed E-state index contributed by atoms with van der Waals surface area (Å²) in [6, 6.07) is 9.07. The van der Waals surface area contributed by atoms with E-state index in [1.165, 1.54) is 18.4 Å². The molecule has 0 aromatic heterocycles. The number of nitrogens with one attached hydrogen (secondary N) is 1. The van der Waals surface area contributed by atoms with Gasteiger partial charge in [-0.15, -0.1) is 0 Å². The fourth-order valence-electron chi connectivity index (χ4n) is 3.13. The van der Waals surface area contributed by atoms with Crippen LogP contribution in [0.4, 0.5) is 0 Å². The van der Waals surface area contributed by atoms with Crippen LogP contribution in [0.2, 0.25) is 0 Å². The van der Waals surface area contributed by atoms with E-state index in [0.29, 0.717) is 29.4 Å². The zero-order valence-electron chi connectivity index (χ0n) is 12.1. The Kier molecular flexibility index (Phi) is 4.71. The van der Waals surface area contributed by atoms with Crippen molar-refractivity contribution in [1.29, 1.82) is 0 Å². The second-order valence-electron chi connectivity index (χ2n) is 6.44. The fourth-order valence-corrected chi connectivity index (χ4v) is 5.31. The Hall–Kier alpha value is -0.390. The van der Waals surface area contributed by atoms with Crippen LogP contribution in [0.3, 0.4) is 0 Å². The van der Waals surface area contributed by atoms with Crippen LogP contribution in [0, 0.1) is 11.8 Å². The van der Waals surface area contributed by atoms with Crippen molar-refractivity contribution in [1.82, 2.24) is 5.32 Å². The van der Waals surface area contributed by atoms with Gasteiger partial charge in [0.05, 0.1) is 11.5 Å². The summed E-state index contributed by atoms with van der Waals surface area (Å²) in [5, 5.41) is 3.59. The van der Waals surface area contributed by atoms with E-state index in [2.05, 4.69) is 45.5 Å². The Labute approximate surface area is 135 Å². The molecule has 1 aliphatic carbocycles. The van der Waals surface area contributed by atoms with Crippen LogP contribution in [-0.4, -0.2) is 32.5 Å². The van der Waals surface area contributed by atoms with Crippen molar-refractivity contribution in [2.75, 3.05) is 18.1 Å². The van der Waals surface area contributed by atoms with Gasteiger partial charge in [0, 0.05) is 10.5 Å². The van der Waals surface area contributed by atoms with Gasteiger partial charge >= 0.3 is 0 Å². The van der Waals surface area contributed by atoms with Crippen LogP contribution in [-0.2, 0) is 16.3 Å². The third-order valence-corrected chi connectivity index (χ3v) is 6.91. The summed E-state index contributed by atoms with van der Waals surface area (Å²) in [6.07, 6.45) is 4.34. The smallest absolute Gasteiger partial charge is 0.150 e. The lowest BCUT2D eigenvalue weighted by Gasteiger charge is -2.23. The molecule has 2 fully saturated rings. The Morgan fingerprint density at radius 3 is 2.48 bits per heavy atom. The van der Waals surface area contributed by atoms with E-state index in [1.807, 2.05) is 0 Å². The van der Waals surface area contributed by atoms with E-state index in [4.69, 9.17) is 0 Å². The van der Waals surface area contributed by atoms with Crippen LogP contribution >= 0.6 is 15.9 Å². The third kappa shape index (κ3) is 4.54. The van der Waals surface area contributed by atoms with Gasteiger partial charge in [0.2, 0.25) is 0 Å². The highest BCUT2D eigenvalue weighted by atomic mass is 79.9. The van der Waals surface area contributed by atoms with Gasteiger partial charge in [-0.25, -0.2) is 8.42 Å². The third-order valence-electron chi connectivity index (χ3n) is 4.59. The highest BCUT2D eigenvalue weighted by Gasteiger charge is 2.34. The van der Waals surface area contributed by atoms with Crippen LogP contribution in [0.25, 0.3) is 0 Å². The number of rotatable bonds is 6. The Morgan fingerprint density at radius 2 is 1.90 bits per heavy atom. The van der Waals surface area contributed by atoms with Gasteiger partial charge in [-0.05, 0) is 61.8 Å². The summed E-state index contributed by atoms with van der Waals surface area (Å²) in [5.41, 5.74) is 1.30. The molecule has 1 saturated carbocycles. The zero-order valence-corrected chi connectivity index (χ0v) is 14.5. The maximum atomic E-state index is 11.8. The van der Waals surface area contributed by atoms with E-state index < -0.39 is 9.84 Å². The van der Waals surface area contributed by atoms with Gasteiger partial charge < -0.3 is 5.32 Å². The fraction of sp³-hybridized carbons (Fsp3) is 0.625. The minimum atomic E-state index is -2.80. The number of sulfone groups is 1. The molecule has 5 heteroatoms. The summed E-state index contributed by atoms with van der Waals surface area (Å²) >= 11 is 3.46. The van der Waals surface area contributed by atoms with Crippen molar-refractivity contribution in [3.63, 3.8) is 0 Å². The molecule has 0 amide bonds. The second kappa shape index (κ2) is 6.39. The summed E-state index contributed by atoms with van der Waals surface area (Å²) in [6.45, 7) is 0.945. The number of hydrogen-bond acceptors (Lipinski definition) is 3. The van der Waals surface area contributed by atoms with Gasteiger partial charge in [0.25, 0.3) is 0 Å². The van der Waals surface area contributed by atoms with Crippen LogP contribution < -0.4 is 5.32 Å². The first kappa shape index (κ1) is 15.5. The highest BCUT2D eigenvalue weighted by molar-refractivity contribution is 9.10. The molecule has 0 spiro atoms. The molecular weight excluding hydrogens is 350 g/mol. The number of hydrogen-bond donors (Lipinski definition) is 1. The van der Waals surface area contributed by atoms with E-state index in [9.17, 15) is 8.42 Å². The first-order valence-corrected chi connectivity index (χ1v) is 10.3. The van der Waals surface area contributed by atoms with Gasteiger partial charge in [-0.1, -0.05) is 28.1 Å². The van der Waals surface area contributed by atoms with Crippen molar-refractivity contribution in [2.45, 2.75) is 31.7 Å². The molecule has 0 bridgehead atoms. The quantitative estimate of drug-likeness (QED) is 0.835. The molecule has 1 saturated heterocycles. The standard InChI is InChI=1S/C16H22BrNO2S/c17-15-3-1-12(2-4-15)9-14(10-18-16-5-6-16)13-7-8-21(19,20)11-13/h1-4,13-14,16,18H,5-11H2. The summed E-state index contributed by atoms with van der Waals surface area (Å²) in [4.78, 5) is 0. The normalized spacial score (nSPS) is 25.9. The average Bonchev–Trinajstić information content (AvgIpc) is 3.20. The molecule has 116 valence electrons. The molecule has 2 aliphatic rings. The van der Waals surface area contributed by atoms with E-state index >= 15 is 0 Å². The van der Waals surface area contributed by atoms with Gasteiger partial charge in [-0.3, -0.25) is 0 Å². The lowest BCUT2D eigenvalue weighted by Crippen LogP contribution is -2.31. The molecule has 21 heavy (non-hydrogen) atoms. The van der Waals surface area contributed by atoms with E-state index in [-0.39, 0.29) is 0 Å². The van der Waals surface area contributed by atoms with Crippen LogP contribution in [0.15, 0.2) is 28.7 Å². The predicted molar refractivity (Wildman–Crippen MR) is 89.1 cm³/mol.